The highest BCUT2D eigenvalue weighted by Crippen LogP contribution is 2.38. The second kappa shape index (κ2) is 6.38. The van der Waals surface area contributed by atoms with Gasteiger partial charge in [-0.15, -0.1) is 0 Å². The predicted octanol–water partition coefficient (Wildman–Crippen LogP) is 4.92. The van der Waals surface area contributed by atoms with E-state index in [-0.39, 0.29) is 0 Å². The van der Waals surface area contributed by atoms with Crippen LogP contribution in [0.1, 0.15) is 5.56 Å². The number of hydrogen-bond acceptors (Lipinski definition) is 4. The molecule has 6 heteroatoms. The maximum Gasteiger partial charge on any atom is 0.163 e. The van der Waals surface area contributed by atoms with Crippen LogP contribution in [0.4, 0.5) is 5.69 Å². The first-order valence-corrected chi connectivity index (χ1v) is 8.33. The van der Waals surface area contributed by atoms with E-state index in [1.807, 2.05) is 36.4 Å². The van der Waals surface area contributed by atoms with Crippen LogP contribution in [0.3, 0.4) is 0 Å². The van der Waals surface area contributed by atoms with Crippen molar-refractivity contribution in [3.05, 3.63) is 58.2 Å². The Labute approximate surface area is 149 Å². The second-order valence-electron chi connectivity index (χ2n) is 5.46. The van der Waals surface area contributed by atoms with E-state index in [4.69, 9.17) is 32.7 Å². The lowest BCUT2D eigenvalue weighted by Crippen LogP contribution is -2.15. The van der Waals surface area contributed by atoms with Gasteiger partial charge in [-0.2, -0.15) is 0 Å². The summed E-state index contributed by atoms with van der Waals surface area (Å²) >= 11 is 12.6. The number of fused-ring (bicyclic) bond motifs is 2. The molecule has 0 spiro atoms. The van der Waals surface area contributed by atoms with E-state index >= 15 is 0 Å². The van der Waals surface area contributed by atoms with Crippen LogP contribution in [0.25, 0.3) is 10.9 Å². The minimum Gasteiger partial charge on any atom is -0.486 e. The van der Waals surface area contributed by atoms with E-state index in [1.54, 1.807) is 6.07 Å². The van der Waals surface area contributed by atoms with Gasteiger partial charge in [-0.25, -0.2) is 4.98 Å². The fraction of sp³-hybridized carbons (Fsp3) is 0.167. The largest absolute Gasteiger partial charge is 0.486 e. The number of anilines is 1. The number of benzene rings is 2. The summed E-state index contributed by atoms with van der Waals surface area (Å²) in [6.45, 7) is 1.58. The van der Waals surface area contributed by atoms with Crippen molar-refractivity contribution in [1.82, 2.24) is 4.98 Å². The molecule has 0 aliphatic carbocycles. The van der Waals surface area contributed by atoms with Crippen LogP contribution >= 0.6 is 23.2 Å². The lowest BCUT2D eigenvalue weighted by molar-refractivity contribution is 0.171. The zero-order chi connectivity index (χ0) is 16.5. The Morgan fingerprint density at radius 1 is 1.00 bits per heavy atom. The zero-order valence-electron chi connectivity index (χ0n) is 12.7. The molecule has 0 amide bonds. The number of ether oxygens (including phenoxy) is 2. The van der Waals surface area contributed by atoms with E-state index in [1.165, 1.54) is 0 Å². The van der Waals surface area contributed by atoms with Gasteiger partial charge in [0.2, 0.25) is 0 Å². The van der Waals surface area contributed by atoms with Crippen LogP contribution in [0.2, 0.25) is 10.2 Å². The number of para-hydroxylation sites is 1. The van der Waals surface area contributed by atoms with Gasteiger partial charge in [0.1, 0.15) is 18.4 Å². The van der Waals surface area contributed by atoms with Crippen LogP contribution in [-0.2, 0) is 6.54 Å². The molecular formula is C18H14Cl2N2O2. The number of nitrogens with one attached hydrogen (secondary N) is 1. The van der Waals surface area contributed by atoms with Crippen LogP contribution in [0, 0.1) is 0 Å². The summed E-state index contributed by atoms with van der Waals surface area (Å²) in [6, 6.07) is 13.5. The van der Waals surface area contributed by atoms with Crippen molar-refractivity contribution in [2.24, 2.45) is 0 Å². The second-order valence-corrected chi connectivity index (χ2v) is 6.23. The van der Waals surface area contributed by atoms with Gasteiger partial charge < -0.3 is 14.8 Å². The third-order valence-electron chi connectivity index (χ3n) is 3.85. The Kier molecular flexibility index (Phi) is 4.08. The molecule has 2 heterocycles. The average Bonchev–Trinajstić information content (AvgIpc) is 2.60. The van der Waals surface area contributed by atoms with E-state index in [2.05, 4.69) is 10.3 Å². The highest BCUT2D eigenvalue weighted by Gasteiger charge is 2.15. The molecule has 2 aromatic carbocycles. The first-order valence-electron chi connectivity index (χ1n) is 7.58. The molecule has 0 fully saturated rings. The Bertz CT molecular complexity index is 915. The summed E-state index contributed by atoms with van der Waals surface area (Å²) in [4.78, 5) is 4.43. The highest BCUT2D eigenvalue weighted by molar-refractivity contribution is 6.33. The highest BCUT2D eigenvalue weighted by atomic mass is 35.5. The summed E-state index contributed by atoms with van der Waals surface area (Å²) < 4.78 is 11.1. The van der Waals surface area contributed by atoms with Gasteiger partial charge in [-0.1, -0.05) is 41.4 Å². The number of hydrogen-bond donors (Lipinski definition) is 1. The number of rotatable bonds is 3. The Morgan fingerprint density at radius 2 is 1.75 bits per heavy atom. The van der Waals surface area contributed by atoms with Crippen molar-refractivity contribution >= 4 is 39.8 Å². The number of pyridine rings is 1. The van der Waals surface area contributed by atoms with Crippen molar-refractivity contribution in [2.75, 3.05) is 18.5 Å². The summed E-state index contributed by atoms with van der Waals surface area (Å²) in [5.74, 6) is 1.36. The van der Waals surface area contributed by atoms with Gasteiger partial charge in [0.25, 0.3) is 0 Å². The van der Waals surface area contributed by atoms with Crippen LogP contribution in [0.15, 0.2) is 42.5 Å². The minimum atomic E-state index is 0.481. The zero-order valence-corrected chi connectivity index (χ0v) is 14.2. The van der Waals surface area contributed by atoms with Crippen molar-refractivity contribution < 1.29 is 9.47 Å². The minimum absolute atomic E-state index is 0.481. The van der Waals surface area contributed by atoms with E-state index in [0.29, 0.717) is 41.4 Å². The Hall–Kier alpha value is -2.17. The van der Waals surface area contributed by atoms with Crippen molar-refractivity contribution in [3.63, 3.8) is 0 Å². The van der Waals surface area contributed by atoms with E-state index in [0.717, 1.165) is 22.2 Å². The first kappa shape index (κ1) is 15.4. The average molecular weight is 361 g/mol. The van der Waals surface area contributed by atoms with Gasteiger partial charge in [0, 0.05) is 29.6 Å². The van der Waals surface area contributed by atoms with Crippen molar-refractivity contribution in [3.8, 4) is 11.5 Å². The molecule has 0 saturated heterocycles. The third kappa shape index (κ3) is 2.95. The summed E-state index contributed by atoms with van der Waals surface area (Å²) in [5.41, 5.74) is 2.55. The fourth-order valence-corrected chi connectivity index (χ4v) is 3.08. The number of nitrogens with zero attached hydrogens (tertiary/aromatic N) is 1. The fourth-order valence-electron chi connectivity index (χ4n) is 2.65. The monoisotopic (exact) mass is 360 g/mol. The maximum atomic E-state index is 6.32. The molecule has 0 atom stereocenters. The molecule has 1 aromatic heterocycles. The SMILES string of the molecule is Clc1cc2c(cc1NCc1cc3ccccc3nc1Cl)OCCO2. The van der Waals surface area contributed by atoms with Crippen molar-refractivity contribution in [2.45, 2.75) is 6.54 Å². The quantitative estimate of drug-likeness (QED) is 0.672. The molecule has 122 valence electrons. The molecule has 4 rings (SSSR count). The van der Waals surface area contributed by atoms with Crippen molar-refractivity contribution in [1.29, 1.82) is 0 Å². The molecule has 0 saturated carbocycles. The molecule has 0 bridgehead atoms. The lowest BCUT2D eigenvalue weighted by atomic mass is 10.1. The molecular weight excluding hydrogens is 347 g/mol. The summed E-state index contributed by atoms with van der Waals surface area (Å²) in [5, 5.41) is 5.40. The van der Waals surface area contributed by atoms with Gasteiger partial charge in [-0.05, 0) is 12.1 Å². The van der Waals surface area contributed by atoms with E-state index in [9.17, 15) is 0 Å². The maximum absolute atomic E-state index is 6.32. The predicted molar refractivity (Wildman–Crippen MR) is 96.5 cm³/mol. The van der Waals surface area contributed by atoms with Gasteiger partial charge in [-0.3, -0.25) is 0 Å². The lowest BCUT2D eigenvalue weighted by Gasteiger charge is -2.20. The first-order chi connectivity index (χ1) is 11.7. The third-order valence-corrected chi connectivity index (χ3v) is 4.49. The molecule has 4 nitrogen and oxygen atoms in total. The Balaban J connectivity index is 1.60. The summed E-state index contributed by atoms with van der Waals surface area (Å²) in [6.07, 6.45) is 0. The number of aromatic nitrogens is 1. The smallest absolute Gasteiger partial charge is 0.163 e. The summed E-state index contributed by atoms with van der Waals surface area (Å²) in [7, 11) is 0. The van der Waals surface area contributed by atoms with Gasteiger partial charge in [0.05, 0.1) is 16.2 Å². The number of halogens is 2. The normalized spacial score (nSPS) is 13.1. The molecule has 1 aliphatic rings. The molecule has 0 unspecified atom stereocenters. The van der Waals surface area contributed by atoms with Crippen LogP contribution < -0.4 is 14.8 Å². The molecule has 3 aromatic rings. The van der Waals surface area contributed by atoms with Crippen LogP contribution in [-0.4, -0.2) is 18.2 Å². The topological polar surface area (TPSA) is 43.4 Å². The van der Waals surface area contributed by atoms with Gasteiger partial charge in [0.15, 0.2) is 11.5 Å². The molecule has 1 aliphatic heterocycles. The van der Waals surface area contributed by atoms with Gasteiger partial charge >= 0.3 is 0 Å². The van der Waals surface area contributed by atoms with Crippen LogP contribution in [0.5, 0.6) is 11.5 Å². The molecule has 24 heavy (non-hydrogen) atoms. The standard InChI is InChI=1S/C18H14Cl2N2O2/c19-13-8-16-17(24-6-5-23-16)9-15(13)21-10-12-7-11-3-1-2-4-14(11)22-18(12)20/h1-4,7-9,21H,5-6,10H2. The Morgan fingerprint density at radius 3 is 2.58 bits per heavy atom. The van der Waals surface area contributed by atoms with E-state index < -0.39 is 0 Å². The molecule has 0 radical (unpaired) electrons. The molecule has 1 N–H and O–H groups in total.